The van der Waals surface area contributed by atoms with Gasteiger partial charge in [-0.15, -0.1) is 0 Å². The van der Waals surface area contributed by atoms with Gasteiger partial charge in [-0.3, -0.25) is 4.79 Å². The topological polar surface area (TPSA) is 228 Å². The standard InChI is InChI=1S/C86H165NO13/c1-3-5-7-9-11-13-15-17-19-21-23-25-27-29-31-33-35-36-37-38-40-42-44-46-48-50-52-54-56-58-60-62-64-66-68-70-78(91)87-74(73-97-85-83(96)81(94)84(77(72-89)99-85)100-86-82(95)80(93)79(92)76(71-88)98-86)75(90)69-67-65-63-61-59-57-55-53-51-49-47-45-43-41-39-34-32-30-28-26-24-22-20-18-16-14-12-10-8-6-4-2/h59,61,67,69,74-77,79-86,88-90,92-96H,3-58,60,62-66,68,70-73H2,1-2H3,(H,87,91)/b61-59+,69-67+. The summed E-state index contributed by atoms with van der Waals surface area (Å²) in [5, 5.41) is 87.8. The van der Waals surface area contributed by atoms with Gasteiger partial charge in [0.25, 0.3) is 0 Å². The number of aliphatic hydroxyl groups excluding tert-OH is 8. The lowest BCUT2D eigenvalue weighted by molar-refractivity contribution is -0.359. The van der Waals surface area contributed by atoms with Crippen LogP contribution in [0.4, 0.5) is 0 Å². The van der Waals surface area contributed by atoms with Crippen LogP contribution in [0.2, 0.25) is 0 Å². The monoisotopic (exact) mass is 1420 g/mol. The molecule has 0 spiro atoms. The Morgan fingerprint density at radius 2 is 0.640 bits per heavy atom. The molecule has 2 aliphatic rings. The molecule has 12 atom stereocenters. The molecule has 14 nitrogen and oxygen atoms in total. The van der Waals surface area contributed by atoms with Crippen LogP contribution in [0.5, 0.6) is 0 Å². The van der Waals surface area contributed by atoms with E-state index in [9.17, 15) is 45.6 Å². The Balaban J connectivity index is 1.59. The summed E-state index contributed by atoms with van der Waals surface area (Å²) >= 11 is 0. The Bertz CT molecular complexity index is 1770. The summed E-state index contributed by atoms with van der Waals surface area (Å²) in [4.78, 5) is 13.4. The highest BCUT2D eigenvalue weighted by Gasteiger charge is 2.51. The number of carbonyl (C=O) groups excluding carboxylic acids is 1. The van der Waals surface area contributed by atoms with E-state index in [2.05, 4.69) is 31.3 Å². The van der Waals surface area contributed by atoms with Crippen molar-refractivity contribution in [1.82, 2.24) is 5.32 Å². The number of rotatable bonds is 75. The first-order valence-electron chi connectivity index (χ1n) is 43.6. The van der Waals surface area contributed by atoms with Crippen molar-refractivity contribution < 1.29 is 64.6 Å². The van der Waals surface area contributed by atoms with Crippen LogP contribution in [0.1, 0.15) is 425 Å². The minimum Gasteiger partial charge on any atom is -0.394 e. The quantitative estimate of drug-likeness (QED) is 0.0204. The molecule has 0 saturated carbocycles. The van der Waals surface area contributed by atoms with Crippen LogP contribution in [-0.2, 0) is 23.7 Å². The average Bonchev–Trinajstić information content (AvgIpc) is 0.790. The fraction of sp³-hybridized carbons (Fsp3) is 0.942. The lowest BCUT2D eigenvalue weighted by Gasteiger charge is -2.46. The highest BCUT2D eigenvalue weighted by molar-refractivity contribution is 5.76. The molecule has 14 heteroatoms. The van der Waals surface area contributed by atoms with Crippen LogP contribution in [0, 0.1) is 0 Å². The van der Waals surface area contributed by atoms with Gasteiger partial charge in [-0.05, 0) is 32.1 Å². The molecular weight excluding hydrogens is 1250 g/mol. The van der Waals surface area contributed by atoms with Crippen LogP contribution >= 0.6 is 0 Å². The van der Waals surface area contributed by atoms with E-state index in [4.69, 9.17) is 18.9 Å². The number of nitrogens with one attached hydrogen (secondary N) is 1. The molecule has 2 fully saturated rings. The summed E-state index contributed by atoms with van der Waals surface area (Å²) in [7, 11) is 0. The van der Waals surface area contributed by atoms with Gasteiger partial charge in [0, 0.05) is 6.42 Å². The summed E-state index contributed by atoms with van der Waals surface area (Å²) in [5.74, 6) is -0.239. The van der Waals surface area contributed by atoms with E-state index in [0.717, 1.165) is 32.1 Å². The van der Waals surface area contributed by atoms with E-state index >= 15 is 0 Å². The lowest BCUT2D eigenvalue weighted by atomic mass is 9.97. The van der Waals surface area contributed by atoms with Crippen molar-refractivity contribution in [3.63, 3.8) is 0 Å². The molecule has 2 heterocycles. The van der Waals surface area contributed by atoms with Gasteiger partial charge in [0.05, 0.1) is 32.0 Å². The Labute approximate surface area is 615 Å². The predicted molar refractivity (Wildman–Crippen MR) is 415 cm³/mol. The highest BCUT2D eigenvalue weighted by atomic mass is 16.7. The van der Waals surface area contributed by atoms with Crippen molar-refractivity contribution in [2.75, 3.05) is 19.8 Å². The number of unbranched alkanes of at least 4 members (excludes halogenated alkanes) is 60. The number of ether oxygens (including phenoxy) is 4. The molecule has 0 aromatic rings. The number of aliphatic hydroxyl groups is 8. The van der Waals surface area contributed by atoms with Gasteiger partial charge in [0.2, 0.25) is 5.91 Å². The molecule has 2 aliphatic heterocycles. The third kappa shape index (κ3) is 52.5. The van der Waals surface area contributed by atoms with Gasteiger partial charge in [-0.2, -0.15) is 0 Å². The largest absolute Gasteiger partial charge is 0.394 e. The number of amides is 1. The fourth-order valence-electron chi connectivity index (χ4n) is 14.8. The first-order valence-corrected chi connectivity index (χ1v) is 43.6. The lowest BCUT2D eigenvalue weighted by Crippen LogP contribution is -2.65. The van der Waals surface area contributed by atoms with Crippen molar-refractivity contribution in [3.8, 4) is 0 Å². The second kappa shape index (κ2) is 70.5. The zero-order valence-electron chi connectivity index (χ0n) is 65.2. The molecule has 100 heavy (non-hydrogen) atoms. The first-order chi connectivity index (χ1) is 49.1. The summed E-state index contributed by atoms with van der Waals surface area (Å²) in [6, 6.07) is -0.931. The van der Waals surface area contributed by atoms with E-state index in [1.54, 1.807) is 6.08 Å². The van der Waals surface area contributed by atoms with Crippen LogP contribution in [-0.4, -0.2) is 140 Å². The normalized spacial score (nSPS) is 21.9. The molecule has 2 saturated heterocycles. The van der Waals surface area contributed by atoms with Gasteiger partial charge in [0.1, 0.15) is 48.8 Å². The number of hydrogen-bond donors (Lipinski definition) is 9. The second-order valence-electron chi connectivity index (χ2n) is 31.0. The Kier molecular flexibility index (Phi) is 66.6. The zero-order valence-corrected chi connectivity index (χ0v) is 65.2. The predicted octanol–water partition coefficient (Wildman–Crippen LogP) is 20.6. The van der Waals surface area contributed by atoms with Crippen LogP contribution < -0.4 is 5.32 Å². The summed E-state index contributed by atoms with van der Waals surface area (Å²) in [6.45, 7) is 2.87. The summed E-state index contributed by atoms with van der Waals surface area (Å²) in [6.07, 6.45) is 75.9. The maximum atomic E-state index is 13.4. The molecule has 0 radical (unpaired) electrons. The molecule has 592 valence electrons. The SMILES string of the molecule is CCCCCCCCCCCCCCCCCCCCCCCCCCC/C=C/CC/C=C/C(O)C(COC1OC(CO)C(OC2OC(CO)C(O)C(O)C2O)C(O)C1O)NC(=O)CCCCCCCCCCCCCCCCCCCCCCCCCCCCCCCCCCCCC. The minimum absolute atomic E-state index is 0.239. The second-order valence-corrected chi connectivity index (χ2v) is 31.0. The third-order valence-corrected chi connectivity index (χ3v) is 21.6. The van der Waals surface area contributed by atoms with Crippen molar-refractivity contribution in [3.05, 3.63) is 24.3 Å². The zero-order chi connectivity index (χ0) is 72.2. The van der Waals surface area contributed by atoms with Crippen molar-refractivity contribution >= 4 is 5.91 Å². The Hall–Kier alpha value is -1.53. The molecule has 1 amide bonds. The first kappa shape index (κ1) is 94.6. The van der Waals surface area contributed by atoms with Crippen LogP contribution in [0.3, 0.4) is 0 Å². The van der Waals surface area contributed by atoms with E-state index in [0.29, 0.717) is 12.8 Å². The van der Waals surface area contributed by atoms with Crippen LogP contribution in [0.15, 0.2) is 24.3 Å². The van der Waals surface area contributed by atoms with Crippen molar-refractivity contribution in [2.24, 2.45) is 0 Å². The maximum absolute atomic E-state index is 13.4. The van der Waals surface area contributed by atoms with Gasteiger partial charge in [-0.25, -0.2) is 0 Å². The molecule has 9 N–H and O–H groups in total. The average molecular weight is 1420 g/mol. The molecular formula is C86H165NO13. The van der Waals surface area contributed by atoms with Gasteiger partial charge in [0.15, 0.2) is 12.6 Å². The Morgan fingerprint density at radius 3 is 0.980 bits per heavy atom. The van der Waals surface area contributed by atoms with Crippen LogP contribution in [0.25, 0.3) is 0 Å². The van der Waals surface area contributed by atoms with Gasteiger partial charge in [-0.1, -0.05) is 411 Å². The number of allylic oxidation sites excluding steroid dienone is 3. The van der Waals surface area contributed by atoms with Crippen molar-refractivity contribution in [1.29, 1.82) is 0 Å². The highest BCUT2D eigenvalue weighted by Crippen LogP contribution is 2.31. The third-order valence-electron chi connectivity index (χ3n) is 21.6. The Morgan fingerprint density at radius 1 is 0.350 bits per heavy atom. The molecule has 0 aromatic carbocycles. The fourth-order valence-corrected chi connectivity index (χ4v) is 14.8. The minimum atomic E-state index is -1.79. The molecule has 0 bridgehead atoms. The van der Waals surface area contributed by atoms with Gasteiger partial charge >= 0.3 is 0 Å². The van der Waals surface area contributed by atoms with Gasteiger partial charge < -0.3 is 65.1 Å². The maximum Gasteiger partial charge on any atom is 0.220 e. The number of hydrogen-bond acceptors (Lipinski definition) is 13. The molecule has 2 rings (SSSR count). The van der Waals surface area contributed by atoms with E-state index in [-0.39, 0.29) is 18.9 Å². The molecule has 0 aromatic heterocycles. The summed E-state index contributed by atoms with van der Waals surface area (Å²) in [5.41, 5.74) is 0. The van der Waals surface area contributed by atoms with Crippen molar-refractivity contribution in [2.45, 2.75) is 498 Å². The molecule has 12 unspecified atom stereocenters. The smallest absolute Gasteiger partial charge is 0.220 e. The van der Waals surface area contributed by atoms with E-state index < -0.39 is 86.8 Å². The summed E-state index contributed by atoms with van der Waals surface area (Å²) < 4.78 is 22.9. The molecule has 0 aliphatic carbocycles. The van der Waals surface area contributed by atoms with E-state index in [1.165, 1.54) is 360 Å². The van der Waals surface area contributed by atoms with E-state index in [1.807, 2.05) is 6.08 Å². The number of carbonyl (C=O) groups is 1.